The number of hydrogen-bond acceptors (Lipinski definition) is 4. The van der Waals surface area contributed by atoms with Crippen LogP contribution in [0.4, 0.5) is 4.79 Å². The first-order valence-corrected chi connectivity index (χ1v) is 6.51. The predicted molar refractivity (Wildman–Crippen MR) is 72.2 cm³/mol. The minimum Gasteiger partial charge on any atom is -0.444 e. The second-order valence-electron chi connectivity index (χ2n) is 6.86. The minimum absolute atomic E-state index is 0.0810. The molecular formula is C13H27N3O2. The summed E-state index contributed by atoms with van der Waals surface area (Å²) in [5, 5.41) is 0. The lowest BCUT2D eigenvalue weighted by Gasteiger charge is -2.45. The number of nitrogens with zero attached hydrogens (tertiary/aromatic N) is 2. The summed E-state index contributed by atoms with van der Waals surface area (Å²) in [6.45, 7) is 14.2. The largest absolute Gasteiger partial charge is 0.444 e. The van der Waals surface area contributed by atoms with E-state index in [1.807, 2.05) is 20.8 Å². The van der Waals surface area contributed by atoms with E-state index in [0.717, 1.165) is 6.54 Å². The van der Waals surface area contributed by atoms with Crippen LogP contribution in [-0.2, 0) is 4.74 Å². The zero-order chi connectivity index (χ0) is 14.1. The highest BCUT2D eigenvalue weighted by Crippen LogP contribution is 2.19. The summed E-state index contributed by atoms with van der Waals surface area (Å²) in [4.78, 5) is 15.9. The fourth-order valence-corrected chi connectivity index (χ4v) is 1.97. The fraction of sp³-hybridized carbons (Fsp3) is 0.923. The molecule has 5 nitrogen and oxygen atoms in total. The SMILES string of the molecule is CC(C)(C)OC(=O)N1CCN(C(C)(C)C)CC1N. The van der Waals surface area contributed by atoms with Crippen molar-refractivity contribution < 1.29 is 9.53 Å². The third kappa shape index (κ3) is 4.14. The highest BCUT2D eigenvalue weighted by molar-refractivity contribution is 5.68. The molecule has 0 aliphatic carbocycles. The molecule has 106 valence electrons. The van der Waals surface area contributed by atoms with Crippen molar-refractivity contribution in [2.45, 2.75) is 58.8 Å². The molecule has 1 unspecified atom stereocenters. The van der Waals surface area contributed by atoms with Crippen LogP contribution in [0.25, 0.3) is 0 Å². The van der Waals surface area contributed by atoms with Crippen LogP contribution in [-0.4, -0.2) is 52.8 Å². The van der Waals surface area contributed by atoms with Crippen LogP contribution >= 0.6 is 0 Å². The molecule has 1 atom stereocenters. The third-order valence-corrected chi connectivity index (χ3v) is 3.00. The van der Waals surface area contributed by atoms with Crippen molar-refractivity contribution in [2.24, 2.45) is 5.73 Å². The molecule has 1 rings (SSSR count). The standard InChI is InChI=1S/C13H27N3O2/c1-12(2,3)15-7-8-16(10(14)9-15)11(17)18-13(4,5)6/h10H,7-9,14H2,1-6H3. The maximum Gasteiger partial charge on any atom is 0.411 e. The van der Waals surface area contributed by atoms with E-state index in [9.17, 15) is 4.79 Å². The zero-order valence-electron chi connectivity index (χ0n) is 12.5. The molecule has 0 radical (unpaired) electrons. The van der Waals surface area contributed by atoms with Crippen molar-refractivity contribution in [2.75, 3.05) is 19.6 Å². The van der Waals surface area contributed by atoms with E-state index in [4.69, 9.17) is 10.5 Å². The number of piperazine rings is 1. The number of rotatable bonds is 0. The van der Waals surface area contributed by atoms with E-state index in [-0.39, 0.29) is 17.8 Å². The monoisotopic (exact) mass is 257 g/mol. The number of amides is 1. The van der Waals surface area contributed by atoms with E-state index in [2.05, 4.69) is 25.7 Å². The summed E-state index contributed by atoms with van der Waals surface area (Å²) in [7, 11) is 0. The minimum atomic E-state index is -0.474. The molecule has 1 aliphatic heterocycles. The van der Waals surface area contributed by atoms with E-state index in [1.54, 1.807) is 4.90 Å². The Hall–Kier alpha value is -0.810. The van der Waals surface area contributed by atoms with Crippen LogP contribution in [0, 0.1) is 0 Å². The fourth-order valence-electron chi connectivity index (χ4n) is 1.97. The normalized spacial score (nSPS) is 23.1. The Labute approximate surface area is 110 Å². The molecule has 0 aromatic rings. The van der Waals surface area contributed by atoms with E-state index >= 15 is 0 Å². The van der Waals surface area contributed by atoms with Gasteiger partial charge in [-0.25, -0.2) is 4.79 Å². The maximum absolute atomic E-state index is 12.0. The first kappa shape index (κ1) is 15.2. The average molecular weight is 257 g/mol. The summed E-state index contributed by atoms with van der Waals surface area (Å²) in [5.74, 6) is 0. The molecule has 0 spiro atoms. The topological polar surface area (TPSA) is 58.8 Å². The number of ether oxygens (including phenoxy) is 1. The number of hydrogen-bond donors (Lipinski definition) is 1. The average Bonchev–Trinajstić information content (AvgIpc) is 2.12. The van der Waals surface area contributed by atoms with Gasteiger partial charge in [0, 0.05) is 25.2 Å². The molecule has 1 saturated heterocycles. The van der Waals surface area contributed by atoms with Crippen molar-refractivity contribution in [3.63, 3.8) is 0 Å². The Morgan fingerprint density at radius 2 is 1.72 bits per heavy atom. The Bertz CT molecular complexity index is 304. The van der Waals surface area contributed by atoms with Crippen LogP contribution in [0.2, 0.25) is 0 Å². The zero-order valence-corrected chi connectivity index (χ0v) is 12.5. The molecule has 0 saturated carbocycles. The van der Waals surface area contributed by atoms with Crippen LogP contribution in [0.5, 0.6) is 0 Å². The quantitative estimate of drug-likeness (QED) is 0.716. The van der Waals surface area contributed by atoms with Crippen LogP contribution in [0.15, 0.2) is 0 Å². The summed E-state index contributed by atoms with van der Waals surface area (Å²) in [5.41, 5.74) is 5.68. The lowest BCUT2D eigenvalue weighted by atomic mass is 10.0. The van der Waals surface area contributed by atoms with Gasteiger partial charge in [-0.15, -0.1) is 0 Å². The highest BCUT2D eigenvalue weighted by atomic mass is 16.6. The Morgan fingerprint density at radius 3 is 2.11 bits per heavy atom. The molecule has 0 bridgehead atoms. The Morgan fingerprint density at radius 1 is 1.17 bits per heavy atom. The molecular weight excluding hydrogens is 230 g/mol. The summed E-state index contributed by atoms with van der Waals surface area (Å²) in [6, 6.07) is 0. The maximum atomic E-state index is 12.0. The molecule has 1 heterocycles. The third-order valence-electron chi connectivity index (χ3n) is 3.00. The Balaban J connectivity index is 2.60. The first-order chi connectivity index (χ1) is 8.00. The second kappa shape index (κ2) is 5.05. The van der Waals surface area contributed by atoms with Crippen LogP contribution in [0.1, 0.15) is 41.5 Å². The van der Waals surface area contributed by atoms with Crippen LogP contribution in [0.3, 0.4) is 0 Å². The smallest absolute Gasteiger partial charge is 0.411 e. The van der Waals surface area contributed by atoms with Gasteiger partial charge in [-0.2, -0.15) is 0 Å². The molecule has 1 fully saturated rings. The summed E-state index contributed by atoms with van der Waals surface area (Å²) >= 11 is 0. The molecule has 0 aromatic heterocycles. The Kier molecular flexibility index (Phi) is 4.28. The van der Waals surface area contributed by atoms with E-state index < -0.39 is 5.60 Å². The van der Waals surface area contributed by atoms with Gasteiger partial charge in [-0.05, 0) is 41.5 Å². The molecule has 1 amide bonds. The highest BCUT2D eigenvalue weighted by Gasteiger charge is 2.34. The summed E-state index contributed by atoms with van der Waals surface area (Å²) < 4.78 is 5.36. The molecule has 2 N–H and O–H groups in total. The summed E-state index contributed by atoms with van der Waals surface area (Å²) in [6.07, 6.45) is -0.614. The molecule has 18 heavy (non-hydrogen) atoms. The van der Waals surface area contributed by atoms with Gasteiger partial charge in [0.2, 0.25) is 0 Å². The van der Waals surface area contributed by atoms with Gasteiger partial charge in [0.15, 0.2) is 0 Å². The van der Waals surface area contributed by atoms with Crippen LogP contribution < -0.4 is 5.73 Å². The lowest BCUT2D eigenvalue weighted by molar-refractivity contribution is -0.0146. The van der Waals surface area contributed by atoms with Gasteiger partial charge in [-0.1, -0.05) is 0 Å². The van der Waals surface area contributed by atoms with Gasteiger partial charge in [0.05, 0.1) is 6.17 Å². The van der Waals surface area contributed by atoms with Crippen molar-refractivity contribution in [1.82, 2.24) is 9.80 Å². The van der Waals surface area contributed by atoms with Crippen molar-refractivity contribution in [3.05, 3.63) is 0 Å². The molecule has 1 aliphatic rings. The van der Waals surface area contributed by atoms with Gasteiger partial charge in [-0.3, -0.25) is 9.80 Å². The van der Waals surface area contributed by atoms with Gasteiger partial charge in [0.1, 0.15) is 5.60 Å². The molecule has 0 aromatic carbocycles. The number of carbonyl (C=O) groups excluding carboxylic acids is 1. The van der Waals surface area contributed by atoms with Crippen molar-refractivity contribution >= 4 is 6.09 Å². The van der Waals surface area contributed by atoms with E-state index in [1.165, 1.54) is 0 Å². The van der Waals surface area contributed by atoms with E-state index in [0.29, 0.717) is 13.1 Å². The number of nitrogens with two attached hydrogens (primary N) is 1. The van der Waals surface area contributed by atoms with Crippen molar-refractivity contribution in [1.29, 1.82) is 0 Å². The van der Waals surface area contributed by atoms with Gasteiger partial charge < -0.3 is 10.5 Å². The lowest BCUT2D eigenvalue weighted by Crippen LogP contribution is -2.63. The van der Waals surface area contributed by atoms with Gasteiger partial charge in [0.25, 0.3) is 0 Å². The molecule has 5 heteroatoms. The number of carbonyl (C=O) groups is 1. The van der Waals surface area contributed by atoms with Crippen molar-refractivity contribution in [3.8, 4) is 0 Å². The second-order valence-corrected chi connectivity index (χ2v) is 6.86. The first-order valence-electron chi connectivity index (χ1n) is 6.51. The van der Waals surface area contributed by atoms with Gasteiger partial charge >= 0.3 is 6.09 Å². The predicted octanol–water partition coefficient (Wildman–Crippen LogP) is 1.62.